The molecule has 3 aromatic carbocycles. The average molecular weight is 319 g/mol. The Morgan fingerprint density at radius 3 is 2.50 bits per heavy atom. The van der Waals surface area contributed by atoms with Gasteiger partial charge in [0.2, 0.25) is 0 Å². The van der Waals surface area contributed by atoms with E-state index in [1.165, 1.54) is 12.1 Å². The third-order valence-electron chi connectivity index (χ3n) is 3.97. The highest BCUT2D eigenvalue weighted by Crippen LogP contribution is 2.27. The summed E-state index contributed by atoms with van der Waals surface area (Å²) in [6.07, 6.45) is 1.57. The van der Waals surface area contributed by atoms with Crippen LogP contribution in [0.25, 0.3) is 27.7 Å². The SMILES string of the molecule is Nc1cccc(-c2ccc(-n3ncc4cc(F)c(O)cc43)cc2)c1. The first-order valence-corrected chi connectivity index (χ1v) is 7.44. The molecule has 0 fully saturated rings. The van der Waals surface area contributed by atoms with Crippen molar-refractivity contribution in [1.82, 2.24) is 9.78 Å². The molecule has 0 radical (unpaired) electrons. The van der Waals surface area contributed by atoms with E-state index in [1.54, 1.807) is 10.9 Å². The normalized spacial score (nSPS) is 11.0. The molecule has 4 aromatic rings. The van der Waals surface area contributed by atoms with E-state index >= 15 is 0 Å². The Hall–Kier alpha value is -3.34. The number of hydrogen-bond donors (Lipinski definition) is 2. The minimum absolute atomic E-state index is 0.388. The maximum atomic E-state index is 13.4. The molecule has 0 aliphatic rings. The number of nitrogen functional groups attached to an aromatic ring is 1. The number of nitrogens with two attached hydrogens (primary N) is 1. The summed E-state index contributed by atoms with van der Waals surface area (Å²) in [5.74, 6) is -1.04. The first-order valence-electron chi connectivity index (χ1n) is 7.44. The van der Waals surface area contributed by atoms with Gasteiger partial charge in [0.1, 0.15) is 0 Å². The topological polar surface area (TPSA) is 64.1 Å². The van der Waals surface area contributed by atoms with E-state index in [2.05, 4.69) is 5.10 Å². The summed E-state index contributed by atoms with van der Waals surface area (Å²) in [5.41, 5.74) is 10.1. The lowest BCUT2D eigenvalue weighted by Gasteiger charge is -2.07. The number of rotatable bonds is 2. The minimum atomic E-state index is -0.654. The number of nitrogens with zero attached hydrogens (tertiary/aromatic N) is 2. The van der Waals surface area contributed by atoms with Gasteiger partial charge in [-0.25, -0.2) is 9.07 Å². The molecule has 5 heteroatoms. The van der Waals surface area contributed by atoms with Gasteiger partial charge < -0.3 is 10.8 Å². The number of phenols is 1. The molecule has 1 heterocycles. The minimum Gasteiger partial charge on any atom is -0.505 e. The molecule has 0 saturated carbocycles. The second kappa shape index (κ2) is 5.38. The molecule has 4 rings (SSSR count). The summed E-state index contributed by atoms with van der Waals surface area (Å²) in [4.78, 5) is 0. The lowest BCUT2D eigenvalue weighted by atomic mass is 10.0. The van der Waals surface area contributed by atoms with Crippen LogP contribution in [0.3, 0.4) is 0 Å². The van der Waals surface area contributed by atoms with Crippen LogP contribution in [0.4, 0.5) is 10.1 Å². The van der Waals surface area contributed by atoms with E-state index in [0.717, 1.165) is 16.8 Å². The summed E-state index contributed by atoms with van der Waals surface area (Å²) in [5, 5.41) is 14.5. The quantitative estimate of drug-likeness (QED) is 0.546. The van der Waals surface area contributed by atoms with Gasteiger partial charge in [0.15, 0.2) is 11.6 Å². The van der Waals surface area contributed by atoms with Crippen molar-refractivity contribution < 1.29 is 9.50 Å². The van der Waals surface area contributed by atoms with Crippen LogP contribution in [-0.2, 0) is 0 Å². The standard InChI is InChI=1S/C19H14FN3O/c20-17-9-14-11-22-23(18(14)10-19(17)24)16-6-4-12(5-7-16)13-2-1-3-15(21)8-13/h1-11,24H,21H2. The molecular weight excluding hydrogens is 305 g/mol. The number of anilines is 1. The molecule has 0 unspecified atom stereocenters. The zero-order valence-electron chi connectivity index (χ0n) is 12.6. The Bertz CT molecular complexity index is 1040. The molecule has 24 heavy (non-hydrogen) atoms. The number of benzene rings is 3. The largest absolute Gasteiger partial charge is 0.505 e. The molecule has 118 valence electrons. The highest BCUT2D eigenvalue weighted by molar-refractivity contribution is 5.82. The van der Waals surface area contributed by atoms with E-state index in [0.29, 0.717) is 16.6 Å². The third kappa shape index (κ3) is 2.36. The zero-order valence-corrected chi connectivity index (χ0v) is 12.6. The molecule has 0 atom stereocenters. The van der Waals surface area contributed by atoms with Crippen LogP contribution in [-0.4, -0.2) is 14.9 Å². The van der Waals surface area contributed by atoms with Crippen LogP contribution < -0.4 is 5.73 Å². The van der Waals surface area contributed by atoms with Crippen molar-refractivity contribution in [2.75, 3.05) is 5.73 Å². The van der Waals surface area contributed by atoms with Gasteiger partial charge in [-0.05, 0) is 41.5 Å². The van der Waals surface area contributed by atoms with Crippen LogP contribution in [0.15, 0.2) is 66.9 Å². The van der Waals surface area contributed by atoms with Gasteiger partial charge in [-0.2, -0.15) is 5.10 Å². The van der Waals surface area contributed by atoms with Crippen LogP contribution in [0, 0.1) is 5.82 Å². The van der Waals surface area contributed by atoms with Crippen molar-refractivity contribution >= 4 is 16.6 Å². The molecule has 3 N–H and O–H groups in total. The molecule has 0 amide bonds. The molecule has 4 nitrogen and oxygen atoms in total. The van der Waals surface area contributed by atoms with Gasteiger partial charge in [-0.1, -0.05) is 24.3 Å². The number of halogens is 1. The molecular formula is C19H14FN3O. The molecule has 1 aromatic heterocycles. The van der Waals surface area contributed by atoms with Gasteiger partial charge in [0, 0.05) is 17.1 Å². The number of aromatic nitrogens is 2. The van der Waals surface area contributed by atoms with Gasteiger partial charge >= 0.3 is 0 Å². The summed E-state index contributed by atoms with van der Waals surface area (Å²) in [7, 11) is 0. The fourth-order valence-corrected chi connectivity index (χ4v) is 2.75. The Morgan fingerprint density at radius 2 is 1.75 bits per heavy atom. The third-order valence-corrected chi connectivity index (χ3v) is 3.97. The van der Waals surface area contributed by atoms with Crippen molar-refractivity contribution in [2.45, 2.75) is 0 Å². The predicted octanol–water partition coefficient (Wildman–Crippen LogP) is 4.12. The average Bonchev–Trinajstić information content (AvgIpc) is 2.98. The highest BCUT2D eigenvalue weighted by Gasteiger charge is 2.10. The van der Waals surface area contributed by atoms with Crippen LogP contribution >= 0.6 is 0 Å². The van der Waals surface area contributed by atoms with Crippen molar-refractivity contribution in [3.8, 4) is 22.6 Å². The van der Waals surface area contributed by atoms with Crippen molar-refractivity contribution in [3.63, 3.8) is 0 Å². The Kier molecular flexibility index (Phi) is 3.20. The zero-order chi connectivity index (χ0) is 16.7. The maximum absolute atomic E-state index is 13.4. The lowest BCUT2D eigenvalue weighted by Crippen LogP contribution is -1.96. The summed E-state index contributed by atoms with van der Waals surface area (Å²) >= 11 is 0. The van der Waals surface area contributed by atoms with Gasteiger partial charge in [-0.3, -0.25) is 0 Å². The molecule has 0 spiro atoms. The second-order valence-electron chi connectivity index (χ2n) is 5.59. The lowest BCUT2D eigenvalue weighted by molar-refractivity contribution is 0.433. The van der Waals surface area contributed by atoms with Gasteiger partial charge in [0.25, 0.3) is 0 Å². The number of hydrogen-bond acceptors (Lipinski definition) is 3. The van der Waals surface area contributed by atoms with E-state index in [9.17, 15) is 9.50 Å². The van der Waals surface area contributed by atoms with Crippen molar-refractivity contribution in [3.05, 3.63) is 72.7 Å². The molecule has 0 saturated heterocycles. The molecule has 0 aliphatic carbocycles. The fraction of sp³-hybridized carbons (Fsp3) is 0. The summed E-state index contributed by atoms with van der Waals surface area (Å²) in [6.45, 7) is 0. The van der Waals surface area contributed by atoms with Crippen molar-refractivity contribution in [1.29, 1.82) is 0 Å². The summed E-state index contributed by atoms with van der Waals surface area (Å²) < 4.78 is 15.1. The Balaban J connectivity index is 1.77. The first kappa shape index (κ1) is 14.3. The molecule has 0 bridgehead atoms. The fourth-order valence-electron chi connectivity index (χ4n) is 2.75. The monoisotopic (exact) mass is 319 g/mol. The Labute approximate surface area is 137 Å². The van der Waals surface area contributed by atoms with Crippen LogP contribution in [0.1, 0.15) is 0 Å². The van der Waals surface area contributed by atoms with E-state index in [4.69, 9.17) is 5.73 Å². The summed E-state index contributed by atoms with van der Waals surface area (Å²) in [6, 6.07) is 18.1. The van der Waals surface area contributed by atoms with E-state index in [1.807, 2.05) is 48.5 Å². The Morgan fingerprint density at radius 1 is 0.958 bits per heavy atom. The predicted molar refractivity (Wildman–Crippen MR) is 92.5 cm³/mol. The van der Waals surface area contributed by atoms with Gasteiger partial charge in [0.05, 0.1) is 17.4 Å². The van der Waals surface area contributed by atoms with Gasteiger partial charge in [-0.15, -0.1) is 0 Å². The highest BCUT2D eigenvalue weighted by atomic mass is 19.1. The smallest absolute Gasteiger partial charge is 0.165 e. The number of fused-ring (bicyclic) bond motifs is 1. The van der Waals surface area contributed by atoms with E-state index in [-0.39, 0.29) is 5.75 Å². The van der Waals surface area contributed by atoms with E-state index < -0.39 is 5.82 Å². The molecule has 0 aliphatic heterocycles. The maximum Gasteiger partial charge on any atom is 0.165 e. The second-order valence-corrected chi connectivity index (χ2v) is 5.59. The first-order chi connectivity index (χ1) is 11.6. The number of phenolic OH excluding ortho intramolecular Hbond substituents is 1. The number of aromatic hydroxyl groups is 1. The van der Waals surface area contributed by atoms with Crippen LogP contribution in [0.5, 0.6) is 5.75 Å². The van der Waals surface area contributed by atoms with Crippen molar-refractivity contribution in [2.24, 2.45) is 0 Å². The van der Waals surface area contributed by atoms with Crippen LogP contribution in [0.2, 0.25) is 0 Å².